The molecule has 1 atom stereocenters. The Hall–Kier alpha value is -1.84. The largest absolute Gasteiger partial charge is 0.497 e. The number of amides is 1. The lowest BCUT2D eigenvalue weighted by Crippen LogP contribution is -2.26. The van der Waals surface area contributed by atoms with Crippen LogP contribution in [0.25, 0.3) is 0 Å². The predicted octanol–water partition coefficient (Wildman–Crippen LogP) is 2.24. The summed E-state index contributed by atoms with van der Waals surface area (Å²) in [7, 11) is 1.61. The van der Waals surface area contributed by atoms with E-state index in [0.29, 0.717) is 6.42 Å². The van der Waals surface area contributed by atoms with Crippen LogP contribution < -0.4 is 10.1 Å². The van der Waals surface area contributed by atoms with Crippen LogP contribution in [0.2, 0.25) is 0 Å². The average Bonchev–Trinajstić information content (AvgIpc) is 2.36. The Morgan fingerprint density at radius 1 is 1.22 bits per heavy atom. The number of ketones is 1. The Kier molecular flexibility index (Phi) is 5.36. The van der Waals surface area contributed by atoms with E-state index < -0.39 is 0 Å². The summed E-state index contributed by atoms with van der Waals surface area (Å²) < 4.78 is 5.07. The molecule has 4 nitrogen and oxygen atoms in total. The maximum Gasteiger partial charge on any atom is 0.220 e. The van der Waals surface area contributed by atoms with E-state index in [2.05, 4.69) is 5.32 Å². The van der Waals surface area contributed by atoms with E-state index in [1.165, 1.54) is 6.92 Å². The SMILES string of the molecule is COc1ccc(C(C)NC(=O)CCC(C)=O)cc1. The Morgan fingerprint density at radius 2 is 1.83 bits per heavy atom. The van der Waals surface area contributed by atoms with Crippen LogP contribution in [0.15, 0.2) is 24.3 Å². The summed E-state index contributed by atoms with van der Waals surface area (Å²) in [5, 5.41) is 2.86. The first kappa shape index (κ1) is 14.2. The number of Topliss-reactive ketones (excluding diaryl/α,β-unsaturated/α-hetero) is 1. The number of hydrogen-bond donors (Lipinski definition) is 1. The van der Waals surface area contributed by atoms with Gasteiger partial charge in [-0.2, -0.15) is 0 Å². The van der Waals surface area contributed by atoms with Gasteiger partial charge in [0.1, 0.15) is 11.5 Å². The Morgan fingerprint density at radius 3 is 2.33 bits per heavy atom. The van der Waals surface area contributed by atoms with E-state index in [-0.39, 0.29) is 24.2 Å². The molecule has 0 heterocycles. The lowest BCUT2D eigenvalue weighted by atomic mass is 10.1. The quantitative estimate of drug-likeness (QED) is 0.841. The van der Waals surface area contributed by atoms with E-state index >= 15 is 0 Å². The van der Waals surface area contributed by atoms with Gasteiger partial charge < -0.3 is 14.8 Å². The van der Waals surface area contributed by atoms with Crippen LogP contribution in [0.1, 0.15) is 38.3 Å². The maximum atomic E-state index is 11.6. The van der Waals surface area contributed by atoms with Crippen LogP contribution in [-0.2, 0) is 9.59 Å². The van der Waals surface area contributed by atoms with Crippen molar-refractivity contribution in [2.75, 3.05) is 7.11 Å². The van der Waals surface area contributed by atoms with Crippen molar-refractivity contribution >= 4 is 11.7 Å². The highest BCUT2D eigenvalue weighted by molar-refractivity contribution is 5.83. The van der Waals surface area contributed by atoms with Crippen molar-refractivity contribution < 1.29 is 14.3 Å². The van der Waals surface area contributed by atoms with Gasteiger partial charge in [-0.15, -0.1) is 0 Å². The molecule has 0 aromatic heterocycles. The third-order valence-corrected chi connectivity index (χ3v) is 2.70. The number of benzene rings is 1. The highest BCUT2D eigenvalue weighted by Crippen LogP contribution is 2.17. The van der Waals surface area contributed by atoms with Crippen LogP contribution in [0.3, 0.4) is 0 Å². The summed E-state index contributed by atoms with van der Waals surface area (Å²) in [6, 6.07) is 7.46. The molecule has 0 aliphatic heterocycles. The third-order valence-electron chi connectivity index (χ3n) is 2.70. The molecular formula is C14H19NO3. The molecule has 98 valence electrons. The van der Waals surface area contributed by atoms with Crippen LogP contribution in [-0.4, -0.2) is 18.8 Å². The molecule has 1 N–H and O–H groups in total. The molecular weight excluding hydrogens is 230 g/mol. The van der Waals surface area contributed by atoms with Crippen LogP contribution in [0.5, 0.6) is 5.75 Å². The number of carbonyl (C=O) groups is 2. The fourth-order valence-corrected chi connectivity index (χ4v) is 1.58. The molecule has 1 amide bonds. The second-order valence-electron chi connectivity index (χ2n) is 4.26. The summed E-state index contributed by atoms with van der Waals surface area (Å²) in [5.41, 5.74) is 1.01. The van der Waals surface area contributed by atoms with Gasteiger partial charge >= 0.3 is 0 Å². The topological polar surface area (TPSA) is 55.4 Å². The van der Waals surface area contributed by atoms with Crippen molar-refractivity contribution in [3.8, 4) is 5.75 Å². The molecule has 1 aromatic rings. The van der Waals surface area contributed by atoms with Crippen LogP contribution in [0.4, 0.5) is 0 Å². The van der Waals surface area contributed by atoms with E-state index in [1.54, 1.807) is 7.11 Å². The monoisotopic (exact) mass is 249 g/mol. The molecule has 0 fully saturated rings. The zero-order chi connectivity index (χ0) is 13.5. The fraction of sp³-hybridized carbons (Fsp3) is 0.429. The van der Waals surface area contributed by atoms with Crippen molar-refractivity contribution in [1.29, 1.82) is 0 Å². The number of carbonyl (C=O) groups excluding carboxylic acids is 2. The van der Waals surface area contributed by atoms with Gasteiger partial charge in [0, 0.05) is 12.8 Å². The molecule has 0 spiro atoms. The summed E-state index contributed by atoms with van der Waals surface area (Å²) in [6.45, 7) is 3.40. The van der Waals surface area contributed by atoms with Crippen molar-refractivity contribution in [3.63, 3.8) is 0 Å². The molecule has 0 saturated carbocycles. The Labute approximate surface area is 107 Å². The Balaban J connectivity index is 2.50. The normalized spacial score (nSPS) is 11.7. The molecule has 1 unspecified atom stereocenters. The van der Waals surface area contributed by atoms with Gasteiger partial charge in [0.15, 0.2) is 0 Å². The predicted molar refractivity (Wildman–Crippen MR) is 69.5 cm³/mol. The summed E-state index contributed by atoms with van der Waals surface area (Å²) >= 11 is 0. The molecule has 0 aliphatic carbocycles. The summed E-state index contributed by atoms with van der Waals surface area (Å²) in [6.07, 6.45) is 0.539. The molecule has 0 bridgehead atoms. The second kappa shape index (κ2) is 6.79. The maximum absolute atomic E-state index is 11.6. The van der Waals surface area contributed by atoms with Crippen LogP contribution >= 0.6 is 0 Å². The molecule has 1 aromatic carbocycles. The number of ether oxygens (including phenoxy) is 1. The van der Waals surface area contributed by atoms with E-state index in [1.807, 2.05) is 31.2 Å². The minimum absolute atomic E-state index is 0.0299. The zero-order valence-corrected chi connectivity index (χ0v) is 11.0. The highest BCUT2D eigenvalue weighted by atomic mass is 16.5. The van der Waals surface area contributed by atoms with Gasteiger partial charge in [0.05, 0.1) is 13.2 Å². The molecule has 0 aliphatic rings. The van der Waals surface area contributed by atoms with Gasteiger partial charge in [0.25, 0.3) is 0 Å². The molecule has 4 heteroatoms. The lowest BCUT2D eigenvalue weighted by Gasteiger charge is -2.14. The van der Waals surface area contributed by atoms with Gasteiger partial charge in [-0.1, -0.05) is 12.1 Å². The molecule has 1 rings (SSSR count). The number of nitrogens with one attached hydrogen (secondary N) is 1. The van der Waals surface area contributed by atoms with Crippen molar-refractivity contribution in [2.45, 2.75) is 32.7 Å². The first-order chi connectivity index (χ1) is 8.52. The third kappa shape index (κ3) is 4.57. The summed E-state index contributed by atoms with van der Waals surface area (Å²) in [5.74, 6) is 0.713. The second-order valence-corrected chi connectivity index (χ2v) is 4.26. The fourth-order valence-electron chi connectivity index (χ4n) is 1.58. The van der Waals surface area contributed by atoms with E-state index in [0.717, 1.165) is 11.3 Å². The number of hydrogen-bond acceptors (Lipinski definition) is 3. The minimum Gasteiger partial charge on any atom is -0.497 e. The molecule has 0 radical (unpaired) electrons. The van der Waals surface area contributed by atoms with Crippen molar-refractivity contribution in [1.82, 2.24) is 5.32 Å². The standard InChI is InChI=1S/C14H19NO3/c1-10(16)4-9-14(17)15-11(2)12-5-7-13(18-3)8-6-12/h5-8,11H,4,9H2,1-3H3,(H,15,17). The zero-order valence-electron chi connectivity index (χ0n) is 11.0. The van der Waals surface area contributed by atoms with Gasteiger partial charge in [-0.05, 0) is 31.5 Å². The van der Waals surface area contributed by atoms with Crippen molar-refractivity contribution in [3.05, 3.63) is 29.8 Å². The van der Waals surface area contributed by atoms with Crippen LogP contribution in [0, 0.1) is 0 Å². The first-order valence-electron chi connectivity index (χ1n) is 5.95. The minimum atomic E-state index is -0.103. The average molecular weight is 249 g/mol. The number of rotatable bonds is 6. The first-order valence-corrected chi connectivity index (χ1v) is 5.95. The smallest absolute Gasteiger partial charge is 0.220 e. The van der Waals surface area contributed by atoms with Gasteiger partial charge in [0.2, 0.25) is 5.91 Å². The van der Waals surface area contributed by atoms with Crippen molar-refractivity contribution in [2.24, 2.45) is 0 Å². The molecule has 18 heavy (non-hydrogen) atoms. The Bertz CT molecular complexity index is 412. The highest BCUT2D eigenvalue weighted by Gasteiger charge is 2.10. The van der Waals surface area contributed by atoms with E-state index in [4.69, 9.17) is 4.74 Å². The summed E-state index contributed by atoms with van der Waals surface area (Å²) in [4.78, 5) is 22.3. The van der Waals surface area contributed by atoms with E-state index in [9.17, 15) is 9.59 Å². The van der Waals surface area contributed by atoms with Gasteiger partial charge in [-0.3, -0.25) is 4.79 Å². The lowest BCUT2D eigenvalue weighted by molar-refractivity contribution is -0.125. The van der Waals surface area contributed by atoms with Gasteiger partial charge in [-0.25, -0.2) is 0 Å². The molecule has 0 saturated heterocycles. The number of methoxy groups -OCH3 is 1.